The second kappa shape index (κ2) is 5.64. The molecular weight excluding hydrogens is 192 g/mol. The molecule has 2 nitrogen and oxygen atoms in total. The van der Waals surface area contributed by atoms with E-state index in [2.05, 4.69) is 38.0 Å². The van der Waals surface area contributed by atoms with Crippen LogP contribution < -0.4 is 5.32 Å². The molecule has 0 aromatic carbocycles. The van der Waals surface area contributed by atoms with Crippen LogP contribution >= 0.6 is 11.8 Å². The summed E-state index contributed by atoms with van der Waals surface area (Å²) in [5, 5.41) is 5.31. The molecule has 0 saturated heterocycles. The Kier molecular flexibility index (Phi) is 4.79. The van der Waals surface area contributed by atoms with Crippen LogP contribution in [0.25, 0.3) is 0 Å². The predicted octanol–water partition coefficient (Wildman–Crippen LogP) is 2.75. The number of nitrogens with zero attached hydrogens (tertiary/aromatic N) is 1. The highest BCUT2D eigenvalue weighted by molar-refractivity contribution is 8.14. The van der Waals surface area contributed by atoms with Gasteiger partial charge in [-0.3, -0.25) is 4.99 Å². The lowest BCUT2D eigenvalue weighted by Gasteiger charge is -2.16. The van der Waals surface area contributed by atoms with Gasteiger partial charge >= 0.3 is 0 Å². The first-order chi connectivity index (χ1) is 6.63. The molecule has 1 aliphatic heterocycles. The van der Waals surface area contributed by atoms with Gasteiger partial charge in [0, 0.05) is 11.8 Å². The van der Waals surface area contributed by atoms with Gasteiger partial charge in [-0.1, -0.05) is 39.5 Å². The number of aliphatic imine (C=N–C) groups is 1. The lowest BCUT2D eigenvalue weighted by molar-refractivity contribution is 0.416. The molecule has 0 saturated carbocycles. The maximum Gasteiger partial charge on any atom is 0.156 e. The van der Waals surface area contributed by atoms with Gasteiger partial charge < -0.3 is 5.32 Å². The molecule has 0 aromatic rings. The minimum atomic E-state index is 0.715. The monoisotopic (exact) mass is 214 g/mol. The molecule has 0 fully saturated rings. The van der Waals surface area contributed by atoms with Crippen LogP contribution in [0.1, 0.15) is 34.1 Å². The van der Waals surface area contributed by atoms with E-state index < -0.39 is 0 Å². The van der Waals surface area contributed by atoms with Crippen LogP contribution in [0, 0.1) is 11.8 Å². The van der Waals surface area contributed by atoms with Crippen LogP contribution in [0.3, 0.4) is 0 Å². The Morgan fingerprint density at radius 1 is 1.50 bits per heavy atom. The summed E-state index contributed by atoms with van der Waals surface area (Å²) in [5.41, 5.74) is 0. The highest BCUT2D eigenvalue weighted by Gasteiger charge is 2.18. The number of amidine groups is 1. The highest BCUT2D eigenvalue weighted by Crippen LogP contribution is 2.22. The van der Waals surface area contributed by atoms with Crippen molar-refractivity contribution in [3.05, 3.63) is 0 Å². The summed E-state index contributed by atoms with van der Waals surface area (Å²) in [7, 11) is 0. The fourth-order valence-electron chi connectivity index (χ4n) is 1.21. The highest BCUT2D eigenvalue weighted by atomic mass is 32.2. The first-order valence-electron chi connectivity index (χ1n) is 5.58. The summed E-state index contributed by atoms with van der Waals surface area (Å²) in [4.78, 5) is 4.49. The number of hydrogen-bond acceptors (Lipinski definition) is 3. The minimum Gasteiger partial charge on any atom is -0.365 e. The fraction of sp³-hybridized carbons (Fsp3) is 0.909. The van der Waals surface area contributed by atoms with Gasteiger partial charge in [0.2, 0.25) is 0 Å². The molecule has 3 heteroatoms. The maximum atomic E-state index is 4.49. The largest absolute Gasteiger partial charge is 0.365 e. The summed E-state index contributed by atoms with van der Waals surface area (Å²) >= 11 is 1.90. The van der Waals surface area contributed by atoms with Gasteiger partial charge in [-0.25, -0.2) is 0 Å². The van der Waals surface area contributed by atoms with Crippen LogP contribution in [0.4, 0.5) is 0 Å². The molecule has 14 heavy (non-hydrogen) atoms. The van der Waals surface area contributed by atoms with E-state index in [0.717, 1.165) is 30.1 Å². The molecule has 1 aliphatic rings. The average Bonchev–Trinajstić information content (AvgIpc) is 2.61. The van der Waals surface area contributed by atoms with Gasteiger partial charge in [0.1, 0.15) is 0 Å². The average molecular weight is 214 g/mol. The molecule has 0 bridgehead atoms. The zero-order valence-electron chi connectivity index (χ0n) is 9.71. The number of thioether (sulfide) groups is 1. The Labute approximate surface area is 92.0 Å². The molecule has 0 aromatic heterocycles. The van der Waals surface area contributed by atoms with Crippen LogP contribution in [0.15, 0.2) is 4.99 Å². The molecule has 0 amide bonds. The third kappa shape index (κ3) is 3.52. The van der Waals surface area contributed by atoms with Crippen molar-refractivity contribution in [2.45, 2.75) is 39.4 Å². The Bertz CT molecular complexity index is 201. The lowest BCUT2D eigenvalue weighted by atomic mass is 9.98. The summed E-state index contributed by atoms with van der Waals surface area (Å²) < 4.78 is 0. The van der Waals surface area contributed by atoms with E-state index in [-0.39, 0.29) is 0 Å². The van der Waals surface area contributed by atoms with Crippen molar-refractivity contribution in [2.24, 2.45) is 16.8 Å². The van der Waals surface area contributed by atoms with Crippen LogP contribution in [-0.2, 0) is 0 Å². The smallest absolute Gasteiger partial charge is 0.156 e. The van der Waals surface area contributed by atoms with Crippen molar-refractivity contribution in [1.29, 1.82) is 0 Å². The first-order valence-corrected chi connectivity index (χ1v) is 6.46. The van der Waals surface area contributed by atoms with Crippen molar-refractivity contribution < 1.29 is 0 Å². The predicted molar refractivity (Wildman–Crippen MR) is 66.0 cm³/mol. The van der Waals surface area contributed by atoms with Gasteiger partial charge in [0.05, 0.1) is 6.54 Å². The zero-order chi connectivity index (χ0) is 10.6. The van der Waals surface area contributed by atoms with E-state index in [0.29, 0.717) is 5.25 Å². The van der Waals surface area contributed by atoms with E-state index >= 15 is 0 Å². The molecule has 0 spiro atoms. The van der Waals surface area contributed by atoms with Crippen LogP contribution in [-0.4, -0.2) is 23.5 Å². The Morgan fingerprint density at radius 3 is 2.71 bits per heavy atom. The summed E-state index contributed by atoms with van der Waals surface area (Å²) in [6.07, 6.45) is 1.22. The van der Waals surface area contributed by atoms with Crippen LogP contribution in [0.2, 0.25) is 0 Å². The standard InChI is InChI=1S/C11H22N2S/c1-5-10-7-13-11(14-10)12-6-9(4)8(2)3/h8-10H,5-7H2,1-4H3,(H,12,13). The van der Waals surface area contributed by atoms with Crippen LogP contribution in [0.5, 0.6) is 0 Å². The topological polar surface area (TPSA) is 24.4 Å². The van der Waals surface area contributed by atoms with E-state index in [1.54, 1.807) is 0 Å². The number of rotatable bonds is 4. The molecule has 1 heterocycles. The normalized spacial score (nSPS) is 23.8. The third-order valence-corrected chi connectivity index (χ3v) is 4.20. The van der Waals surface area contributed by atoms with Gasteiger partial charge in [0.15, 0.2) is 5.17 Å². The quantitative estimate of drug-likeness (QED) is 0.778. The second-order valence-electron chi connectivity index (χ2n) is 4.40. The second-order valence-corrected chi connectivity index (χ2v) is 5.69. The van der Waals surface area contributed by atoms with E-state index in [9.17, 15) is 0 Å². The Balaban J connectivity index is 2.20. The molecule has 1 N–H and O–H groups in total. The zero-order valence-corrected chi connectivity index (χ0v) is 10.5. The van der Waals surface area contributed by atoms with Crippen molar-refractivity contribution in [3.63, 3.8) is 0 Å². The minimum absolute atomic E-state index is 0.715. The summed E-state index contributed by atoms with van der Waals surface area (Å²) in [6.45, 7) is 11.1. The molecule has 2 atom stereocenters. The van der Waals surface area contributed by atoms with E-state index in [1.165, 1.54) is 6.42 Å². The third-order valence-electron chi connectivity index (χ3n) is 2.89. The number of hydrogen-bond donors (Lipinski definition) is 1. The molecule has 1 rings (SSSR count). The molecule has 2 unspecified atom stereocenters. The summed E-state index contributed by atoms with van der Waals surface area (Å²) in [5.74, 6) is 1.47. The molecule has 0 radical (unpaired) electrons. The molecular formula is C11H22N2S. The maximum absolute atomic E-state index is 4.49. The molecule has 82 valence electrons. The van der Waals surface area contributed by atoms with Crippen molar-refractivity contribution in [3.8, 4) is 0 Å². The van der Waals surface area contributed by atoms with Gasteiger partial charge in [-0.15, -0.1) is 0 Å². The number of nitrogens with one attached hydrogen (secondary N) is 1. The summed E-state index contributed by atoms with van der Waals surface area (Å²) in [6, 6.07) is 0. The van der Waals surface area contributed by atoms with Gasteiger partial charge in [-0.2, -0.15) is 0 Å². The van der Waals surface area contributed by atoms with E-state index in [4.69, 9.17) is 0 Å². The lowest BCUT2D eigenvalue weighted by Crippen LogP contribution is -2.27. The molecule has 0 aliphatic carbocycles. The van der Waals surface area contributed by atoms with Crippen molar-refractivity contribution in [2.75, 3.05) is 13.1 Å². The van der Waals surface area contributed by atoms with E-state index in [1.807, 2.05) is 11.8 Å². The Hall–Kier alpha value is -0.180. The van der Waals surface area contributed by atoms with Crippen molar-refractivity contribution in [1.82, 2.24) is 5.32 Å². The Morgan fingerprint density at radius 2 is 2.21 bits per heavy atom. The SMILES string of the molecule is CCC1CN=C(NCC(C)C(C)C)S1. The van der Waals surface area contributed by atoms with Crippen molar-refractivity contribution >= 4 is 16.9 Å². The fourth-order valence-corrected chi connectivity index (χ4v) is 2.16. The first kappa shape index (κ1) is 11.9. The van der Waals surface area contributed by atoms with Gasteiger partial charge in [-0.05, 0) is 18.3 Å². The van der Waals surface area contributed by atoms with Gasteiger partial charge in [0.25, 0.3) is 0 Å².